The number of aryl methyl sites for hydroxylation is 1. The molecular formula is C21H20ClN5OS. The number of nitrogens with zero attached hydrogens (tertiary/aromatic N) is 5. The first-order chi connectivity index (χ1) is 14.1. The van der Waals surface area contributed by atoms with Crippen LogP contribution in [0.1, 0.15) is 24.7 Å². The predicted molar refractivity (Wildman–Crippen MR) is 115 cm³/mol. The second-order valence-electron chi connectivity index (χ2n) is 6.64. The molecular weight excluding hydrogens is 406 g/mol. The lowest BCUT2D eigenvalue weighted by Gasteiger charge is -2.08. The topological polar surface area (TPSA) is 69.6 Å². The monoisotopic (exact) mass is 425 g/mol. The smallest absolute Gasteiger partial charge is 0.257 e. The van der Waals surface area contributed by atoms with Crippen LogP contribution in [0.4, 0.5) is 0 Å². The molecule has 0 saturated carbocycles. The van der Waals surface area contributed by atoms with Crippen LogP contribution in [0.25, 0.3) is 22.8 Å². The number of rotatable bonds is 7. The molecule has 0 aliphatic rings. The van der Waals surface area contributed by atoms with Gasteiger partial charge in [0, 0.05) is 22.7 Å². The molecule has 6 nitrogen and oxygen atoms in total. The number of hydrogen-bond acceptors (Lipinski definition) is 6. The van der Waals surface area contributed by atoms with Crippen LogP contribution in [0.3, 0.4) is 0 Å². The molecule has 0 atom stereocenters. The van der Waals surface area contributed by atoms with Crippen molar-refractivity contribution in [2.75, 3.05) is 0 Å². The number of benzene rings is 2. The van der Waals surface area contributed by atoms with Gasteiger partial charge in [0.1, 0.15) is 0 Å². The van der Waals surface area contributed by atoms with Gasteiger partial charge in [-0.25, -0.2) is 0 Å². The maximum absolute atomic E-state index is 5.93. The summed E-state index contributed by atoms with van der Waals surface area (Å²) < 4.78 is 7.54. The Morgan fingerprint density at radius 2 is 1.90 bits per heavy atom. The van der Waals surface area contributed by atoms with Gasteiger partial charge in [0.05, 0.1) is 5.75 Å². The Hall–Kier alpha value is -2.64. The first-order valence-corrected chi connectivity index (χ1v) is 10.7. The van der Waals surface area contributed by atoms with E-state index in [2.05, 4.69) is 57.0 Å². The molecule has 4 rings (SSSR count). The van der Waals surface area contributed by atoms with Gasteiger partial charge in [0.15, 0.2) is 16.8 Å². The lowest BCUT2D eigenvalue weighted by atomic mass is 10.1. The Bertz CT molecular complexity index is 1110. The van der Waals surface area contributed by atoms with Crippen molar-refractivity contribution in [2.24, 2.45) is 0 Å². The van der Waals surface area contributed by atoms with Crippen molar-refractivity contribution in [3.63, 3.8) is 0 Å². The third kappa shape index (κ3) is 4.52. The summed E-state index contributed by atoms with van der Waals surface area (Å²) in [5.74, 6) is 2.52. The fourth-order valence-corrected chi connectivity index (χ4v) is 3.90. The van der Waals surface area contributed by atoms with E-state index in [1.54, 1.807) is 23.9 Å². The van der Waals surface area contributed by atoms with Crippen LogP contribution >= 0.6 is 23.4 Å². The van der Waals surface area contributed by atoms with Crippen LogP contribution in [0.15, 0.2) is 58.2 Å². The maximum Gasteiger partial charge on any atom is 0.257 e. The second-order valence-corrected chi connectivity index (χ2v) is 8.02. The van der Waals surface area contributed by atoms with Gasteiger partial charge in [-0.2, -0.15) is 4.98 Å². The summed E-state index contributed by atoms with van der Waals surface area (Å²) in [5.41, 5.74) is 3.11. The van der Waals surface area contributed by atoms with Crippen molar-refractivity contribution in [3.8, 4) is 22.8 Å². The predicted octanol–water partition coefficient (Wildman–Crippen LogP) is 5.66. The summed E-state index contributed by atoms with van der Waals surface area (Å²) >= 11 is 7.49. The van der Waals surface area contributed by atoms with Gasteiger partial charge in [-0.05, 0) is 43.7 Å². The zero-order valence-corrected chi connectivity index (χ0v) is 17.7. The first-order valence-electron chi connectivity index (χ1n) is 9.35. The molecule has 0 spiro atoms. The third-order valence-corrected chi connectivity index (χ3v) is 5.54. The molecule has 0 aliphatic heterocycles. The highest BCUT2D eigenvalue weighted by Crippen LogP contribution is 2.27. The molecule has 0 bridgehead atoms. The molecule has 148 valence electrons. The molecule has 29 heavy (non-hydrogen) atoms. The van der Waals surface area contributed by atoms with Gasteiger partial charge >= 0.3 is 0 Å². The van der Waals surface area contributed by atoms with Crippen LogP contribution in [0.2, 0.25) is 5.02 Å². The minimum absolute atomic E-state index is 0.479. The van der Waals surface area contributed by atoms with Crippen LogP contribution in [0.5, 0.6) is 0 Å². The first kappa shape index (κ1) is 19.7. The highest BCUT2D eigenvalue weighted by Gasteiger charge is 2.16. The van der Waals surface area contributed by atoms with E-state index in [4.69, 9.17) is 16.1 Å². The van der Waals surface area contributed by atoms with Gasteiger partial charge in [0.2, 0.25) is 0 Å². The van der Waals surface area contributed by atoms with Gasteiger partial charge < -0.3 is 9.09 Å². The average molecular weight is 426 g/mol. The summed E-state index contributed by atoms with van der Waals surface area (Å²) in [6, 6.07) is 15.6. The van der Waals surface area contributed by atoms with Gasteiger partial charge in [-0.1, -0.05) is 59.2 Å². The van der Waals surface area contributed by atoms with E-state index in [-0.39, 0.29) is 0 Å². The van der Waals surface area contributed by atoms with Crippen LogP contribution in [0, 0.1) is 6.92 Å². The van der Waals surface area contributed by atoms with E-state index in [0.29, 0.717) is 22.5 Å². The fraction of sp³-hybridized carbons (Fsp3) is 0.238. The van der Waals surface area contributed by atoms with Gasteiger partial charge in [-0.3, -0.25) is 0 Å². The van der Waals surface area contributed by atoms with Crippen molar-refractivity contribution in [3.05, 3.63) is 64.9 Å². The quantitative estimate of drug-likeness (QED) is 0.356. The van der Waals surface area contributed by atoms with E-state index < -0.39 is 0 Å². The van der Waals surface area contributed by atoms with Crippen LogP contribution < -0.4 is 0 Å². The molecule has 0 amide bonds. The Kier molecular flexibility index (Phi) is 5.97. The molecule has 0 saturated heterocycles. The van der Waals surface area contributed by atoms with Crippen molar-refractivity contribution in [2.45, 2.75) is 37.7 Å². The SMILES string of the molecule is CCCn1c(SCc2noc(-c3ccc(Cl)cc3)n2)nnc1-c1cccc(C)c1. The largest absolute Gasteiger partial charge is 0.334 e. The van der Waals surface area contributed by atoms with Gasteiger partial charge in [0.25, 0.3) is 5.89 Å². The molecule has 0 fully saturated rings. The molecule has 0 unspecified atom stereocenters. The second kappa shape index (κ2) is 8.80. The number of halogens is 1. The number of hydrogen-bond donors (Lipinski definition) is 0. The minimum atomic E-state index is 0.479. The zero-order chi connectivity index (χ0) is 20.2. The van der Waals surface area contributed by atoms with Crippen LogP contribution in [-0.4, -0.2) is 24.9 Å². The van der Waals surface area contributed by atoms with Crippen molar-refractivity contribution in [1.82, 2.24) is 24.9 Å². The molecule has 2 aromatic carbocycles. The van der Waals surface area contributed by atoms with Crippen molar-refractivity contribution >= 4 is 23.4 Å². The summed E-state index contributed by atoms with van der Waals surface area (Å²) in [4.78, 5) is 4.48. The number of aromatic nitrogens is 5. The van der Waals surface area contributed by atoms with Gasteiger partial charge in [-0.15, -0.1) is 10.2 Å². The molecule has 8 heteroatoms. The Morgan fingerprint density at radius 3 is 2.66 bits per heavy atom. The van der Waals surface area contributed by atoms with E-state index in [0.717, 1.165) is 35.1 Å². The average Bonchev–Trinajstić information content (AvgIpc) is 3.35. The molecule has 0 N–H and O–H groups in total. The minimum Gasteiger partial charge on any atom is -0.334 e. The molecule has 0 aliphatic carbocycles. The Balaban J connectivity index is 1.52. The zero-order valence-electron chi connectivity index (χ0n) is 16.2. The lowest BCUT2D eigenvalue weighted by molar-refractivity contribution is 0.425. The molecule has 4 aromatic rings. The lowest BCUT2D eigenvalue weighted by Crippen LogP contribution is -2.02. The van der Waals surface area contributed by atoms with E-state index >= 15 is 0 Å². The molecule has 0 radical (unpaired) electrons. The van der Waals surface area contributed by atoms with Crippen LogP contribution in [-0.2, 0) is 12.3 Å². The van der Waals surface area contributed by atoms with Crippen molar-refractivity contribution < 1.29 is 4.52 Å². The standard InChI is InChI=1S/C21H20ClN5OS/c1-3-11-27-19(16-6-4-5-14(2)12-16)24-25-21(27)29-13-18-23-20(28-26-18)15-7-9-17(22)10-8-15/h4-10,12H,3,11,13H2,1-2H3. The van der Waals surface area contributed by atoms with E-state index in [1.165, 1.54) is 5.56 Å². The molecule has 2 heterocycles. The maximum atomic E-state index is 5.93. The third-order valence-electron chi connectivity index (χ3n) is 4.33. The fourth-order valence-electron chi connectivity index (χ4n) is 2.97. The summed E-state index contributed by atoms with van der Waals surface area (Å²) in [6.07, 6.45) is 0.993. The van der Waals surface area contributed by atoms with E-state index in [9.17, 15) is 0 Å². The van der Waals surface area contributed by atoms with Crippen molar-refractivity contribution in [1.29, 1.82) is 0 Å². The highest BCUT2D eigenvalue weighted by atomic mass is 35.5. The summed E-state index contributed by atoms with van der Waals surface area (Å²) in [7, 11) is 0. The Labute approximate surface area is 178 Å². The molecule has 2 aromatic heterocycles. The normalized spacial score (nSPS) is 11.1. The highest BCUT2D eigenvalue weighted by molar-refractivity contribution is 7.98. The number of thioether (sulfide) groups is 1. The summed E-state index contributed by atoms with van der Waals surface area (Å²) in [5, 5.41) is 14.4. The summed E-state index contributed by atoms with van der Waals surface area (Å²) in [6.45, 7) is 5.07. The van der Waals surface area contributed by atoms with E-state index in [1.807, 2.05) is 18.2 Å². The Morgan fingerprint density at radius 1 is 1.07 bits per heavy atom.